The summed E-state index contributed by atoms with van der Waals surface area (Å²) < 4.78 is 5.40. The zero-order valence-corrected chi connectivity index (χ0v) is 8.10. The van der Waals surface area contributed by atoms with Crippen molar-refractivity contribution < 1.29 is 4.74 Å². The van der Waals surface area contributed by atoms with E-state index in [-0.39, 0.29) is 11.5 Å². The van der Waals surface area contributed by atoms with Crippen molar-refractivity contribution >= 4 is 12.4 Å². The molecule has 0 saturated carbocycles. The molecule has 3 nitrogen and oxygen atoms in total. The van der Waals surface area contributed by atoms with Crippen LogP contribution in [0.3, 0.4) is 0 Å². The van der Waals surface area contributed by atoms with Crippen LogP contribution in [-0.4, -0.2) is 37.7 Å². The molecule has 1 fully saturated rings. The van der Waals surface area contributed by atoms with Gasteiger partial charge < -0.3 is 4.74 Å². The minimum atomic E-state index is 0.199. The summed E-state index contributed by atoms with van der Waals surface area (Å²) in [6.45, 7) is 1.71. The lowest BCUT2D eigenvalue weighted by Crippen LogP contribution is -2.41. The lowest BCUT2D eigenvalue weighted by molar-refractivity contribution is 0.0399. The number of aliphatic imine (C=N–C) groups is 2. The number of dihydropyridines is 1. The van der Waals surface area contributed by atoms with Crippen molar-refractivity contribution in [3.63, 3.8) is 0 Å². The van der Waals surface area contributed by atoms with Gasteiger partial charge in [-0.25, -0.2) is 0 Å². The first kappa shape index (κ1) is 8.36. The molecule has 0 aromatic rings. The number of hydrogen-bond donors (Lipinski definition) is 0. The lowest BCUT2D eigenvalue weighted by atomic mass is 9.74. The third-order valence-corrected chi connectivity index (χ3v) is 3.48. The largest absolute Gasteiger partial charge is 0.381 e. The van der Waals surface area contributed by atoms with E-state index in [1.54, 1.807) is 0 Å². The van der Waals surface area contributed by atoms with Crippen LogP contribution in [-0.2, 0) is 4.74 Å². The van der Waals surface area contributed by atoms with Crippen LogP contribution in [0.4, 0.5) is 0 Å². The summed E-state index contributed by atoms with van der Waals surface area (Å²) in [6, 6.07) is 0.634. The first-order chi connectivity index (χ1) is 6.91. The highest BCUT2D eigenvalue weighted by Crippen LogP contribution is 2.41. The monoisotopic (exact) mass is 190 g/mol. The average molecular weight is 190 g/mol. The van der Waals surface area contributed by atoms with Crippen LogP contribution in [0.15, 0.2) is 22.1 Å². The minimum Gasteiger partial charge on any atom is -0.381 e. The predicted molar refractivity (Wildman–Crippen MR) is 56.2 cm³/mol. The Bertz CT molecular complexity index is 313. The molecule has 3 aliphatic rings. The van der Waals surface area contributed by atoms with Crippen LogP contribution in [0, 0.1) is 5.41 Å². The summed E-state index contributed by atoms with van der Waals surface area (Å²) in [5, 5.41) is 0. The second-order valence-corrected chi connectivity index (χ2v) is 4.24. The maximum absolute atomic E-state index is 5.40. The molecule has 0 N–H and O–H groups in total. The van der Waals surface area contributed by atoms with E-state index in [0.717, 1.165) is 26.1 Å². The van der Waals surface area contributed by atoms with Gasteiger partial charge in [0.15, 0.2) is 0 Å². The Morgan fingerprint density at radius 3 is 2.93 bits per heavy atom. The molecule has 14 heavy (non-hydrogen) atoms. The quantitative estimate of drug-likeness (QED) is 0.566. The number of rotatable bonds is 0. The Morgan fingerprint density at radius 1 is 1.21 bits per heavy atom. The van der Waals surface area contributed by atoms with Crippen molar-refractivity contribution in [3.05, 3.63) is 12.2 Å². The van der Waals surface area contributed by atoms with Crippen LogP contribution in [0.2, 0.25) is 0 Å². The van der Waals surface area contributed by atoms with Gasteiger partial charge >= 0.3 is 0 Å². The van der Waals surface area contributed by atoms with E-state index in [1.807, 2.05) is 12.3 Å². The predicted octanol–water partition coefficient (Wildman–Crippen LogP) is 1.25. The van der Waals surface area contributed by atoms with Gasteiger partial charge in [0, 0.05) is 31.1 Å². The summed E-state index contributed by atoms with van der Waals surface area (Å²) in [6.07, 6.45) is 10.3. The molecule has 0 aromatic carbocycles. The highest BCUT2D eigenvalue weighted by atomic mass is 16.5. The van der Waals surface area contributed by atoms with Crippen molar-refractivity contribution in [1.29, 1.82) is 0 Å². The Labute approximate surface area is 83.6 Å². The maximum Gasteiger partial charge on any atom is 0.0912 e. The van der Waals surface area contributed by atoms with Gasteiger partial charge in [0.25, 0.3) is 0 Å². The van der Waals surface area contributed by atoms with E-state index in [4.69, 9.17) is 4.74 Å². The minimum absolute atomic E-state index is 0.199. The fraction of sp³-hybridized carbons (Fsp3) is 0.636. The normalized spacial score (nSPS) is 37.7. The Kier molecular flexibility index (Phi) is 1.80. The highest BCUT2D eigenvalue weighted by Gasteiger charge is 2.46. The van der Waals surface area contributed by atoms with E-state index in [9.17, 15) is 0 Å². The second kappa shape index (κ2) is 3.02. The number of fused-ring (bicyclic) bond motifs is 2. The fourth-order valence-corrected chi connectivity index (χ4v) is 2.61. The van der Waals surface area contributed by atoms with E-state index < -0.39 is 0 Å². The van der Waals surface area contributed by atoms with E-state index in [1.165, 1.54) is 0 Å². The SMILES string of the molecule is C1=CC2N=CC3(CCOCC3)C2N=C1. The van der Waals surface area contributed by atoms with Crippen molar-refractivity contribution in [3.8, 4) is 0 Å². The smallest absolute Gasteiger partial charge is 0.0912 e. The summed E-state index contributed by atoms with van der Waals surface area (Å²) in [7, 11) is 0. The van der Waals surface area contributed by atoms with Gasteiger partial charge in [-0.15, -0.1) is 0 Å². The molecule has 0 radical (unpaired) electrons. The van der Waals surface area contributed by atoms with Crippen LogP contribution in [0.1, 0.15) is 12.8 Å². The van der Waals surface area contributed by atoms with E-state index >= 15 is 0 Å². The van der Waals surface area contributed by atoms with Gasteiger partial charge in [-0.2, -0.15) is 0 Å². The molecule has 1 saturated heterocycles. The van der Waals surface area contributed by atoms with Crippen molar-refractivity contribution in [2.45, 2.75) is 24.9 Å². The van der Waals surface area contributed by atoms with E-state index in [0.29, 0.717) is 6.04 Å². The van der Waals surface area contributed by atoms with Crippen molar-refractivity contribution in [2.75, 3.05) is 13.2 Å². The Morgan fingerprint density at radius 2 is 2.07 bits per heavy atom. The molecule has 3 aliphatic heterocycles. The Balaban J connectivity index is 1.90. The molecule has 74 valence electrons. The highest BCUT2D eigenvalue weighted by molar-refractivity contribution is 5.78. The van der Waals surface area contributed by atoms with Crippen LogP contribution >= 0.6 is 0 Å². The van der Waals surface area contributed by atoms with Crippen molar-refractivity contribution in [1.82, 2.24) is 0 Å². The number of ether oxygens (including phenoxy) is 1. The zero-order valence-electron chi connectivity index (χ0n) is 8.10. The molecule has 2 atom stereocenters. The fourth-order valence-electron chi connectivity index (χ4n) is 2.61. The van der Waals surface area contributed by atoms with Crippen molar-refractivity contribution in [2.24, 2.45) is 15.4 Å². The van der Waals surface area contributed by atoms with Crippen LogP contribution in [0.25, 0.3) is 0 Å². The molecule has 3 heterocycles. The van der Waals surface area contributed by atoms with Gasteiger partial charge in [0.1, 0.15) is 0 Å². The number of allylic oxidation sites excluding steroid dienone is 1. The second-order valence-electron chi connectivity index (χ2n) is 4.24. The van der Waals surface area contributed by atoms with E-state index in [2.05, 4.69) is 22.3 Å². The lowest BCUT2D eigenvalue weighted by Gasteiger charge is -2.36. The molecule has 0 amide bonds. The molecule has 0 bridgehead atoms. The summed E-state index contributed by atoms with van der Waals surface area (Å²) in [4.78, 5) is 9.13. The topological polar surface area (TPSA) is 34.0 Å². The standard InChI is InChI=1S/C11H14N2O/c1-2-9-10(12-5-1)11(8-13-9)3-6-14-7-4-11/h1-2,5,8-10H,3-4,6-7H2. The van der Waals surface area contributed by atoms with Crippen LogP contribution < -0.4 is 0 Å². The summed E-state index contributed by atoms with van der Waals surface area (Å²) >= 11 is 0. The number of hydrogen-bond acceptors (Lipinski definition) is 3. The van der Waals surface area contributed by atoms with Crippen LogP contribution in [0.5, 0.6) is 0 Å². The van der Waals surface area contributed by atoms with Gasteiger partial charge in [-0.3, -0.25) is 9.98 Å². The number of nitrogens with zero attached hydrogens (tertiary/aromatic N) is 2. The summed E-state index contributed by atoms with van der Waals surface area (Å²) in [5.41, 5.74) is 0.199. The maximum atomic E-state index is 5.40. The first-order valence-electron chi connectivity index (χ1n) is 5.23. The molecule has 0 aromatic heterocycles. The third-order valence-electron chi connectivity index (χ3n) is 3.48. The van der Waals surface area contributed by atoms with Gasteiger partial charge in [0.05, 0.1) is 12.1 Å². The van der Waals surface area contributed by atoms with Gasteiger partial charge in [-0.1, -0.05) is 6.08 Å². The average Bonchev–Trinajstić information content (AvgIpc) is 2.60. The third kappa shape index (κ3) is 1.08. The molecular formula is C11H14N2O. The van der Waals surface area contributed by atoms with Gasteiger partial charge in [0.2, 0.25) is 0 Å². The molecule has 3 rings (SSSR count). The molecule has 2 unspecified atom stereocenters. The zero-order chi connectivity index (χ0) is 9.43. The Hall–Kier alpha value is -0.960. The van der Waals surface area contributed by atoms with Gasteiger partial charge in [-0.05, 0) is 18.9 Å². The first-order valence-corrected chi connectivity index (χ1v) is 5.23. The molecular weight excluding hydrogens is 176 g/mol. The molecule has 0 aliphatic carbocycles. The molecule has 1 spiro atoms. The molecule has 3 heteroatoms. The summed E-state index contributed by atoms with van der Waals surface area (Å²) in [5.74, 6) is 0.